The van der Waals surface area contributed by atoms with Crippen LogP contribution < -0.4 is 5.73 Å². The number of hydrogen-bond donors (Lipinski definition) is 1. The van der Waals surface area contributed by atoms with Crippen LogP contribution in [0, 0.1) is 0 Å². The molecule has 0 bridgehead atoms. The summed E-state index contributed by atoms with van der Waals surface area (Å²) in [6.07, 6.45) is 5.30. The van der Waals surface area contributed by atoms with Crippen molar-refractivity contribution in [3.63, 3.8) is 0 Å². The van der Waals surface area contributed by atoms with Crippen LogP contribution in [0.5, 0.6) is 0 Å². The molecule has 0 spiro atoms. The molecule has 2 heteroatoms. The van der Waals surface area contributed by atoms with E-state index in [1.807, 2.05) is 0 Å². The topological polar surface area (TPSA) is 39.2 Å². The third kappa shape index (κ3) is 1.16. The molecule has 1 aliphatic carbocycles. The maximum atomic E-state index is 5.90. The van der Waals surface area contributed by atoms with E-state index in [1.54, 1.807) is 6.26 Å². The van der Waals surface area contributed by atoms with Gasteiger partial charge in [0.1, 0.15) is 5.76 Å². The van der Waals surface area contributed by atoms with Gasteiger partial charge in [0.25, 0.3) is 0 Å². The van der Waals surface area contributed by atoms with Crippen molar-refractivity contribution in [1.29, 1.82) is 0 Å². The first kappa shape index (κ1) is 7.87. The molecule has 2 rings (SSSR count). The SMILES string of the molecule is CC(N)C1CCCc2occc21. The molecule has 1 aliphatic rings. The first-order chi connectivity index (χ1) is 5.79. The number of fused-ring (bicyclic) bond motifs is 1. The van der Waals surface area contributed by atoms with Gasteiger partial charge in [-0.3, -0.25) is 0 Å². The summed E-state index contributed by atoms with van der Waals surface area (Å²) in [7, 11) is 0. The van der Waals surface area contributed by atoms with Crippen LogP contribution in [0.25, 0.3) is 0 Å². The van der Waals surface area contributed by atoms with E-state index in [1.165, 1.54) is 18.4 Å². The summed E-state index contributed by atoms with van der Waals surface area (Å²) >= 11 is 0. The Morgan fingerprint density at radius 2 is 2.50 bits per heavy atom. The van der Waals surface area contributed by atoms with E-state index in [-0.39, 0.29) is 6.04 Å². The van der Waals surface area contributed by atoms with Crippen molar-refractivity contribution in [3.8, 4) is 0 Å². The van der Waals surface area contributed by atoms with Crippen molar-refractivity contribution in [2.75, 3.05) is 0 Å². The highest BCUT2D eigenvalue weighted by molar-refractivity contribution is 5.25. The molecule has 1 aromatic rings. The lowest BCUT2D eigenvalue weighted by molar-refractivity contribution is 0.424. The van der Waals surface area contributed by atoms with Crippen LogP contribution in [0.4, 0.5) is 0 Å². The normalized spacial score (nSPS) is 25.0. The quantitative estimate of drug-likeness (QED) is 0.691. The second-order valence-corrected chi connectivity index (χ2v) is 3.66. The molecule has 66 valence electrons. The maximum Gasteiger partial charge on any atom is 0.107 e. The van der Waals surface area contributed by atoms with Crippen LogP contribution in [0.3, 0.4) is 0 Å². The van der Waals surface area contributed by atoms with E-state index < -0.39 is 0 Å². The van der Waals surface area contributed by atoms with Gasteiger partial charge in [0.2, 0.25) is 0 Å². The average Bonchev–Trinajstić information content (AvgIpc) is 2.49. The summed E-state index contributed by atoms with van der Waals surface area (Å²) < 4.78 is 5.38. The van der Waals surface area contributed by atoms with Gasteiger partial charge >= 0.3 is 0 Å². The van der Waals surface area contributed by atoms with E-state index >= 15 is 0 Å². The smallest absolute Gasteiger partial charge is 0.107 e. The standard InChI is InChI=1S/C10H15NO/c1-7(11)8-3-2-4-10-9(8)5-6-12-10/h5-8H,2-4,11H2,1H3. The number of aryl methyl sites for hydroxylation is 1. The molecule has 2 unspecified atom stereocenters. The van der Waals surface area contributed by atoms with Crippen LogP contribution in [0.2, 0.25) is 0 Å². The fourth-order valence-corrected chi connectivity index (χ4v) is 2.07. The van der Waals surface area contributed by atoms with Crippen LogP contribution in [-0.2, 0) is 6.42 Å². The van der Waals surface area contributed by atoms with Crippen molar-refractivity contribution < 1.29 is 4.42 Å². The molecule has 0 saturated carbocycles. The Morgan fingerprint density at radius 3 is 3.25 bits per heavy atom. The molecular formula is C10H15NO. The number of nitrogens with two attached hydrogens (primary N) is 1. The Bertz CT molecular complexity index is 265. The lowest BCUT2D eigenvalue weighted by Gasteiger charge is -2.24. The van der Waals surface area contributed by atoms with Crippen LogP contribution in [-0.4, -0.2) is 6.04 Å². The number of rotatable bonds is 1. The fourth-order valence-electron chi connectivity index (χ4n) is 2.07. The van der Waals surface area contributed by atoms with Crippen molar-refractivity contribution in [2.45, 2.75) is 38.1 Å². The first-order valence-electron chi connectivity index (χ1n) is 4.61. The molecule has 1 heterocycles. The molecule has 2 nitrogen and oxygen atoms in total. The van der Waals surface area contributed by atoms with Crippen LogP contribution in [0.1, 0.15) is 37.0 Å². The van der Waals surface area contributed by atoms with Crippen molar-refractivity contribution >= 4 is 0 Å². The molecule has 1 aromatic heterocycles. The van der Waals surface area contributed by atoms with E-state index in [0.717, 1.165) is 12.2 Å². The third-order valence-electron chi connectivity index (χ3n) is 2.73. The zero-order valence-corrected chi connectivity index (χ0v) is 7.42. The zero-order chi connectivity index (χ0) is 8.55. The fraction of sp³-hybridized carbons (Fsp3) is 0.600. The lowest BCUT2D eigenvalue weighted by atomic mass is 9.83. The van der Waals surface area contributed by atoms with Gasteiger partial charge in [0.15, 0.2) is 0 Å². The zero-order valence-electron chi connectivity index (χ0n) is 7.42. The van der Waals surface area contributed by atoms with Crippen molar-refractivity contribution in [1.82, 2.24) is 0 Å². The van der Waals surface area contributed by atoms with Crippen LogP contribution >= 0.6 is 0 Å². The van der Waals surface area contributed by atoms with E-state index in [2.05, 4.69) is 13.0 Å². The second-order valence-electron chi connectivity index (χ2n) is 3.66. The molecular weight excluding hydrogens is 150 g/mol. The highest BCUT2D eigenvalue weighted by Crippen LogP contribution is 2.33. The highest BCUT2D eigenvalue weighted by Gasteiger charge is 2.24. The first-order valence-corrected chi connectivity index (χ1v) is 4.61. The summed E-state index contributed by atoms with van der Waals surface area (Å²) in [6.45, 7) is 2.08. The number of hydrogen-bond acceptors (Lipinski definition) is 2. The Morgan fingerprint density at radius 1 is 1.67 bits per heavy atom. The number of furan rings is 1. The van der Waals surface area contributed by atoms with Crippen molar-refractivity contribution in [3.05, 3.63) is 23.7 Å². The van der Waals surface area contributed by atoms with E-state index in [4.69, 9.17) is 10.2 Å². The Kier molecular flexibility index (Phi) is 1.93. The Hall–Kier alpha value is -0.760. The summed E-state index contributed by atoms with van der Waals surface area (Å²) in [5.41, 5.74) is 7.24. The molecule has 2 atom stereocenters. The predicted molar refractivity (Wildman–Crippen MR) is 48.0 cm³/mol. The minimum Gasteiger partial charge on any atom is -0.469 e. The minimum absolute atomic E-state index is 0.252. The lowest BCUT2D eigenvalue weighted by Crippen LogP contribution is -2.27. The van der Waals surface area contributed by atoms with Gasteiger partial charge < -0.3 is 10.2 Å². The van der Waals surface area contributed by atoms with Gasteiger partial charge in [-0.05, 0) is 31.4 Å². The molecule has 12 heavy (non-hydrogen) atoms. The molecule has 0 aromatic carbocycles. The maximum absolute atomic E-state index is 5.90. The van der Waals surface area contributed by atoms with Gasteiger partial charge in [-0.25, -0.2) is 0 Å². The Balaban J connectivity index is 2.31. The van der Waals surface area contributed by atoms with E-state index in [0.29, 0.717) is 5.92 Å². The summed E-state index contributed by atoms with van der Waals surface area (Å²) in [5.74, 6) is 1.68. The Labute approximate surface area is 72.7 Å². The second kappa shape index (κ2) is 2.94. The van der Waals surface area contributed by atoms with Gasteiger partial charge in [-0.1, -0.05) is 0 Å². The van der Waals surface area contributed by atoms with Gasteiger partial charge in [0.05, 0.1) is 6.26 Å². The largest absolute Gasteiger partial charge is 0.469 e. The van der Waals surface area contributed by atoms with Gasteiger partial charge in [-0.15, -0.1) is 0 Å². The minimum atomic E-state index is 0.252. The molecule has 0 radical (unpaired) electrons. The van der Waals surface area contributed by atoms with E-state index in [9.17, 15) is 0 Å². The molecule has 2 N–H and O–H groups in total. The van der Waals surface area contributed by atoms with Gasteiger partial charge in [-0.2, -0.15) is 0 Å². The predicted octanol–water partition coefficient (Wildman–Crippen LogP) is 2.05. The van der Waals surface area contributed by atoms with Gasteiger partial charge in [0, 0.05) is 18.4 Å². The van der Waals surface area contributed by atoms with Crippen LogP contribution in [0.15, 0.2) is 16.7 Å². The summed E-state index contributed by atoms with van der Waals surface area (Å²) in [4.78, 5) is 0. The monoisotopic (exact) mass is 165 g/mol. The molecule has 0 fully saturated rings. The molecule has 0 amide bonds. The molecule has 0 aliphatic heterocycles. The summed E-state index contributed by atoms with van der Waals surface area (Å²) in [5, 5.41) is 0. The molecule has 0 saturated heterocycles. The third-order valence-corrected chi connectivity index (χ3v) is 2.73. The highest BCUT2D eigenvalue weighted by atomic mass is 16.3. The average molecular weight is 165 g/mol. The summed E-state index contributed by atoms with van der Waals surface area (Å²) in [6, 6.07) is 2.32. The van der Waals surface area contributed by atoms with Crippen molar-refractivity contribution in [2.24, 2.45) is 5.73 Å².